The van der Waals surface area contributed by atoms with Gasteiger partial charge in [-0.15, -0.1) is 0 Å². The van der Waals surface area contributed by atoms with E-state index in [1.54, 1.807) is 0 Å². The molecule has 0 amide bonds. The molecule has 2 heteroatoms. The highest BCUT2D eigenvalue weighted by atomic mass is 79.9. The van der Waals surface area contributed by atoms with E-state index in [0.29, 0.717) is 0 Å². The Morgan fingerprint density at radius 2 is 1.61 bits per heavy atom. The van der Waals surface area contributed by atoms with Crippen LogP contribution in [0.1, 0.15) is 57.4 Å². The number of aryl methyl sites for hydroxylation is 1. The Morgan fingerprint density at radius 1 is 0.944 bits per heavy atom. The third-order valence-corrected chi connectivity index (χ3v) is 3.61. The van der Waals surface area contributed by atoms with E-state index in [9.17, 15) is 0 Å². The lowest BCUT2D eigenvalue weighted by Gasteiger charge is -2.08. The Kier molecular flexibility index (Phi) is 8.15. The minimum atomic E-state index is 1.09. The minimum absolute atomic E-state index is 1.09. The van der Waals surface area contributed by atoms with Crippen molar-refractivity contribution in [3.63, 3.8) is 0 Å². The molecule has 0 saturated carbocycles. The molecule has 0 unspecified atom stereocenters. The van der Waals surface area contributed by atoms with Crippen LogP contribution in [0.5, 0.6) is 0 Å². The highest BCUT2D eigenvalue weighted by molar-refractivity contribution is 9.10. The van der Waals surface area contributed by atoms with Gasteiger partial charge < -0.3 is 5.32 Å². The molecule has 0 spiro atoms. The van der Waals surface area contributed by atoms with Crippen molar-refractivity contribution in [3.05, 3.63) is 28.2 Å². The lowest BCUT2D eigenvalue weighted by atomic mass is 10.1. The number of nitrogens with one attached hydrogen (secondary N) is 1. The zero-order chi connectivity index (χ0) is 13.2. The molecular formula is C16H26BrN. The molecule has 1 aromatic rings. The molecule has 0 fully saturated rings. The van der Waals surface area contributed by atoms with Gasteiger partial charge >= 0.3 is 0 Å². The van der Waals surface area contributed by atoms with Crippen LogP contribution in [0.4, 0.5) is 5.69 Å². The van der Waals surface area contributed by atoms with Crippen molar-refractivity contribution in [1.29, 1.82) is 0 Å². The van der Waals surface area contributed by atoms with Crippen molar-refractivity contribution in [2.75, 3.05) is 11.9 Å². The second-order valence-corrected chi connectivity index (χ2v) is 5.98. The molecule has 0 aliphatic rings. The lowest BCUT2D eigenvalue weighted by molar-refractivity contribution is 0.596. The quantitative estimate of drug-likeness (QED) is 0.558. The van der Waals surface area contributed by atoms with Crippen molar-refractivity contribution in [3.8, 4) is 0 Å². The summed E-state index contributed by atoms with van der Waals surface area (Å²) in [6.07, 6.45) is 9.57. The number of rotatable bonds is 9. The van der Waals surface area contributed by atoms with Crippen LogP contribution in [0, 0.1) is 6.92 Å². The summed E-state index contributed by atoms with van der Waals surface area (Å²) in [7, 11) is 0. The molecule has 0 radical (unpaired) electrons. The minimum Gasteiger partial charge on any atom is -0.385 e. The van der Waals surface area contributed by atoms with E-state index in [1.165, 1.54) is 56.2 Å². The zero-order valence-corrected chi connectivity index (χ0v) is 13.4. The highest BCUT2D eigenvalue weighted by Gasteiger charge is 1.96. The Hall–Kier alpha value is -0.500. The summed E-state index contributed by atoms with van der Waals surface area (Å²) in [6.45, 7) is 5.48. The third kappa shape index (κ3) is 7.05. The fraction of sp³-hybridized carbons (Fsp3) is 0.625. The van der Waals surface area contributed by atoms with Crippen LogP contribution in [0.25, 0.3) is 0 Å². The van der Waals surface area contributed by atoms with Crippen LogP contribution >= 0.6 is 15.9 Å². The van der Waals surface area contributed by atoms with Gasteiger partial charge in [-0.05, 0) is 37.1 Å². The van der Waals surface area contributed by atoms with Crippen molar-refractivity contribution in [2.45, 2.75) is 58.8 Å². The Balaban J connectivity index is 2.07. The van der Waals surface area contributed by atoms with E-state index < -0.39 is 0 Å². The number of hydrogen-bond acceptors (Lipinski definition) is 1. The molecular weight excluding hydrogens is 286 g/mol. The third-order valence-electron chi connectivity index (χ3n) is 3.15. The number of hydrogen-bond donors (Lipinski definition) is 1. The first kappa shape index (κ1) is 15.6. The molecule has 0 aliphatic heterocycles. The summed E-state index contributed by atoms with van der Waals surface area (Å²) in [5.74, 6) is 0. The summed E-state index contributed by atoms with van der Waals surface area (Å²) in [5.41, 5.74) is 2.53. The van der Waals surface area contributed by atoms with Crippen LogP contribution in [0.2, 0.25) is 0 Å². The summed E-state index contributed by atoms with van der Waals surface area (Å²) in [5, 5.41) is 3.50. The van der Waals surface area contributed by atoms with E-state index in [2.05, 4.69) is 53.3 Å². The first-order chi connectivity index (χ1) is 8.72. The summed E-state index contributed by atoms with van der Waals surface area (Å²) >= 11 is 3.53. The molecule has 0 bridgehead atoms. The van der Waals surface area contributed by atoms with Gasteiger partial charge in [-0.2, -0.15) is 0 Å². The van der Waals surface area contributed by atoms with Gasteiger partial charge in [0.15, 0.2) is 0 Å². The van der Waals surface area contributed by atoms with Crippen LogP contribution < -0.4 is 5.32 Å². The standard InChI is InChI=1S/C16H26BrN/c1-3-4-5-6-7-8-9-10-18-16-12-14(2)11-15(17)13-16/h11-13,18H,3-10H2,1-2H3. The first-order valence-electron chi connectivity index (χ1n) is 7.23. The molecule has 1 nitrogen and oxygen atoms in total. The number of anilines is 1. The Bertz CT molecular complexity index is 316. The van der Waals surface area contributed by atoms with Crippen LogP contribution in [0.3, 0.4) is 0 Å². The molecule has 102 valence electrons. The van der Waals surface area contributed by atoms with Gasteiger partial charge in [-0.1, -0.05) is 61.4 Å². The van der Waals surface area contributed by atoms with Gasteiger partial charge in [-0.25, -0.2) is 0 Å². The predicted octanol–water partition coefficient (Wildman–Crippen LogP) is 5.92. The van der Waals surface area contributed by atoms with E-state index in [-0.39, 0.29) is 0 Å². The van der Waals surface area contributed by atoms with Crippen LogP contribution in [-0.2, 0) is 0 Å². The van der Waals surface area contributed by atoms with Crippen molar-refractivity contribution >= 4 is 21.6 Å². The molecule has 0 aliphatic carbocycles. The highest BCUT2D eigenvalue weighted by Crippen LogP contribution is 2.19. The maximum atomic E-state index is 3.53. The second kappa shape index (κ2) is 9.43. The zero-order valence-electron chi connectivity index (χ0n) is 11.8. The van der Waals surface area contributed by atoms with E-state index in [4.69, 9.17) is 0 Å². The monoisotopic (exact) mass is 311 g/mol. The Labute approximate surface area is 120 Å². The van der Waals surface area contributed by atoms with Gasteiger partial charge in [0.25, 0.3) is 0 Å². The molecule has 18 heavy (non-hydrogen) atoms. The molecule has 0 atom stereocenters. The van der Waals surface area contributed by atoms with Crippen molar-refractivity contribution < 1.29 is 0 Å². The maximum Gasteiger partial charge on any atom is 0.0354 e. The molecule has 1 N–H and O–H groups in total. The summed E-state index contributed by atoms with van der Waals surface area (Å²) < 4.78 is 1.16. The van der Waals surface area contributed by atoms with E-state index >= 15 is 0 Å². The first-order valence-corrected chi connectivity index (χ1v) is 8.02. The number of benzene rings is 1. The van der Waals surface area contributed by atoms with Gasteiger partial charge in [0.1, 0.15) is 0 Å². The number of halogens is 1. The van der Waals surface area contributed by atoms with Gasteiger partial charge in [0.05, 0.1) is 0 Å². The topological polar surface area (TPSA) is 12.0 Å². The molecule has 0 heterocycles. The van der Waals surface area contributed by atoms with E-state index in [1.807, 2.05) is 0 Å². The molecule has 0 aromatic heterocycles. The summed E-state index contributed by atoms with van der Waals surface area (Å²) in [4.78, 5) is 0. The SMILES string of the molecule is CCCCCCCCCNc1cc(C)cc(Br)c1. The lowest BCUT2D eigenvalue weighted by Crippen LogP contribution is -2.01. The fourth-order valence-corrected chi connectivity index (χ4v) is 2.76. The normalized spacial score (nSPS) is 10.6. The molecule has 0 saturated heterocycles. The van der Waals surface area contributed by atoms with Gasteiger partial charge in [0.2, 0.25) is 0 Å². The largest absolute Gasteiger partial charge is 0.385 e. The second-order valence-electron chi connectivity index (χ2n) is 5.07. The van der Waals surface area contributed by atoms with Gasteiger partial charge in [-0.3, -0.25) is 0 Å². The Morgan fingerprint density at radius 3 is 2.28 bits per heavy atom. The fourth-order valence-electron chi connectivity index (χ4n) is 2.15. The van der Waals surface area contributed by atoms with Crippen LogP contribution in [-0.4, -0.2) is 6.54 Å². The molecule has 1 aromatic carbocycles. The average molecular weight is 312 g/mol. The van der Waals surface area contributed by atoms with Crippen LogP contribution in [0.15, 0.2) is 22.7 Å². The van der Waals surface area contributed by atoms with Crippen molar-refractivity contribution in [1.82, 2.24) is 0 Å². The average Bonchev–Trinajstić information content (AvgIpc) is 2.31. The number of unbranched alkanes of at least 4 members (excludes halogenated alkanes) is 6. The summed E-state index contributed by atoms with van der Waals surface area (Å²) in [6, 6.07) is 6.49. The van der Waals surface area contributed by atoms with Gasteiger partial charge in [0, 0.05) is 16.7 Å². The maximum absolute atomic E-state index is 3.53. The molecule has 1 rings (SSSR count). The predicted molar refractivity (Wildman–Crippen MR) is 85.4 cm³/mol. The smallest absolute Gasteiger partial charge is 0.0354 e. The van der Waals surface area contributed by atoms with Crippen molar-refractivity contribution in [2.24, 2.45) is 0 Å². The van der Waals surface area contributed by atoms with E-state index in [0.717, 1.165) is 11.0 Å².